The molecule has 14 rings (SSSR count). The van der Waals surface area contributed by atoms with Crippen molar-refractivity contribution >= 4 is 71.2 Å². The standard InChI is InChI=1S/C72H48N2/c1-4-21-51(22-5-1)70-65-34-13-12-33-63(65)64-45-42-54(48-67(64)71(70)52-23-6-2-7-24-52)53-26-16-30-58(46-53)73(57-43-40-50(41-44-57)61-36-18-25-49-20-10-11-32-60(49)61)59-31-17-27-55(47-59)62-37-19-39-69-72(62)66-35-14-15-38-68(66)74(69)56-28-8-3-9-29-56/h1-48H. The molecule has 2 nitrogen and oxygen atoms in total. The lowest BCUT2D eigenvalue weighted by Crippen LogP contribution is -2.10. The van der Waals surface area contributed by atoms with E-state index in [0.717, 1.165) is 39.4 Å². The largest absolute Gasteiger partial charge is 0.310 e. The molecule has 14 aromatic rings. The molecule has 74 heavy (non-hydrogen) atoms. The summed E-state index contributed by atoms with van der Waals surface area (Å²) in [6, 6.07) is 107. The molecule has 0 saturated carbocycles. The minimum atomic E-state index is 1.07. The van der Waals surface area contributed by atoms with E-state index in [9.17, 15) is 0 Å². The summed E-state index contributed by atoms with van der Waals surface area (Å²) in [6.07, 6.45) is 0. The van der Waals surface area contributed by atoms with E-state index in [1.807, 2.05) is 0 Å². The quantitative estimate of drug-likeness (QED) is 0.131. The fourth-order valence-corrected chi connectivity index (χ4v) is 11.6. The molecule has 0 atom stereocenters. The number of hydrogen-bond donors (Lipinski definition) is 0. The van der Waals surface area contributed by atoms with E-state index in [0.29, 0.717) is 0 Å². The van der Waals surface area contributed by atoms with E-state index in [-0.39, 0.29) is 0 Å². The maximum atomic E-state index is 2.42. The second-order valence-corrected chi connectivity index (χ2v) is 19.2. The van der Waals surface area contributed by atoms with Crippen molar-refractivity contribution in [2.75, 3.05) is 4.90 Å². The average Bonchev–Trinajstić information content (AvgIpc) is 3.83. The summed E-state index contributed by atoms with van der Waals surface area (Å²) in [7, 11) is 0. The molecule has 1 heterocycles. The van der Waals surface area contributed by atoms with Crippen LogP contribution in [0, 0.1) is 0 Å². The highest BCUT2D eigenvalue weighted by molar-refractivity contribution is 6.22. The van der Waals surface area contributed by atoms with Gasteiger partial charge in [-0.1, -0.05) is 224 Å². The Morgan fingerprint density at radius 2 is 0.730 bits per heavy atom. The summed E-state index contributed by atoms with van der Waals surface area (Å²) in [5.74, 6) is 0. The van der Waals surface area contributed by atoms with Crippen molar-refractivity contribution in [2.24, 2.45) is 0 Å². The number of para-hydroxylation sites is 2. The average molecular weight is 941 g/mol. The van der Waals surface area contributed by atoms with Crippen molar-refractivity contribution < 1.29 is 0 Å². The van der Waals surface area contributed by atoms with Gasteiger partial charge in [-0.25, -0.2) is 0 Å². The summed E-state index contributed by atoms with van der Waals surface area (Å²) in [5.41, 5.74) is 18.7. The zero-order valence-electron chi connectivity index (χ0n) is 40.6. The van der Waals surface area contributed by atoms with Gasteiger partial charge in [-0.3, -0.25) is 0 Å². The molecule has 0 fully saturated rings. The van der Waals surface area contributed by atoms with Gasteiger partial charge in [0.1, 0.15) is 0 Å². The molecule has 346 valence electrons. The van der Waals surface area contributed by atoms with Gasteiger partial charge >= 0.3 is 0 Å². The van der Waals surface area contributed by atoms with Crippen LogP contribution in [0.25, 0.3) is 115 Å². The van der Waals surface area contributed by atoms with Gasteiger partial charge in [0.25, 0.3) is 0 Å². The van der Waals surface area contributed by atoms with Crippen LogP contribution in [0.15, 0.2) is 291 Å². The van der Waals surface area contributed by atoms with Crippen LogP contribution < -0.4 is 4.90 Å². The first-order chi connectivity index (χ1) is 36.7. The molecule has 0 bridgehead atoms. The molecule has 0 amide bonds. The Bertz CT molecular complexity index is 4400. The minimum Gasteiger partial charge on any atom is -0.310 e. The summed E-state index contributed by atoms with van der Waals surface area (Å²) in [5, 5.41) is 9.93. The van der Waals surface area contributed by atoms with Crippen molar-refractivity contribution in [3.63, 3.8) is 0 Å². The van der Waals surface area contributed by atoms with E-state index in [2.05, 4.69) is 301 Å². The number of hydrogen-bond acceptors (Lipinski definition) is 1. The SMILES string of the molecule is c1ccc(-c2c(-c3ccccc3)c3cc(-c4cccc(N(c5ccc(-c6cccc7ccccc67)cc5)c5cccc(-c6cccc7c6c6ccccc6n7-c6ccccc6)c5)c4)ccc3c3ccccc23)cc1. The van der Waals surface area contributed by atoms with Crippen molar-refractivity contribution in [1.29, 1.82) is 0 Å². The van der Waals surface area contributed by atoms with Gasteiger partial charge < -0.3 is 9.47 Å². The molecule has 0 radical (unpaired) electrons. The Morgan fingerprint density at radius 3 is 1.47 bits per heavy atom. The third-order valence-electron chi connectivity index (χ3n) is 14.9. The van der Waals surface area contributed by atoms with Gasteiger partial charge in [0, 0.05) is 33.5 Å². The highest BCUT2D eigenvalue weighted by Gasteiger charge is 2.21. The van der Waals surface area contributed by atoms with Crippen LogP contribution in [0.2, 0.25) is 0 Å². The lowest BCUT2D eigenvalue weighted by atomic mass is 9.84. The van der Waals surface area contributed by atoms with Crippen LogP contribution in [0.1, 0.15) is 0 Å². The maximum absolute atomic E-state index is 2.42. The van der Waals surface area contributed by atoms with Gasteiger partial charge in [0.05, 0.1) is 11.0 Å². The molecule has 0 spiro atoms. The Kier molecular flexibility index (Phi) is 10.6. The summed E-state index contributed by atoms with van der Waals surface area (Å²) in [6.45, 7) is 0. The van der Waals surface area contributed by atoms with E-state index in [4.69, 9.17) is 0 Å². The summed E-state index contributed by atoms with van der Waals surface area (Å²) < 4.78 is 2.40. The lowest BCUT2D eigenvalue weighted by molar-refractivity contribution is 1.18. The molecule has 1 aromatic heterocycles. The van der Waals surface area contributed by atoms with Crippen LogP contribution in [0.5, 0.6) is 0 Å². The third-order valence-corrected chi connectivity index (χ3v) is 14.9. The maximum Gasteiger partial charge on any atom is 0.0547 e. The molecular formula is C72H48N2. The summed E-state index contributed by atoms with van der Waals surface area (Å²) in [4.78, 5) is 2.42. The predicted octanol–water partition coefficient (Wildman–Crippen LogP) is 20.0. The Hall–Kier alpha value is -9.76. The van der Waals surface area contributed by atoms with Gasteiger partial charge in [-0.05, 0) is 155 Å². The summed E-state index contributed by atoms with van der Waals surface area (Å²) >= 11 is 0. The smallest absolute Gasteiger partial charge is 0.0547 e. The van der Waals surface area contributed by atoms with Crippen LogP contribution in [0.3, 0.4) is 0 Å². The van der Waals surface area contributed by atoms with Gasteiger partial charge in [0.15, 0.2) is 0 Å². The minimum absolute atomic E-state index is 1.07. The third kappa shape index (κ3) is 7.35. The van der Waals surface area contributed by atoms with Crippen molar-refractivity contribution in [3.8, 4) is 61.3 Å². The van der Waals surface area contributed by atoms with Crippen molar-refractivity contribution in [3.05, 3.63) is 291 Å². The number of aromatic nitrogens is 1. The molecule has 0 saturated heterocycles. The van der Waals surface area contributed by atoms with Crippen LogP contribution in [-0.2, 0) is 0 Å². The zero-order chi connectivity index (χ0) is 49.0. The molecule has 0 aliphatic rings. The molecule has 2 heteroatoms. The Balaban J connectivity index is 0.951. The number of nitrogens with zero attached hydrogens (tertiary/aromatic N) is 2. The molecular weight excluding hydrogens is 893 g/mol. The number of anilines is 3. The zero-order valence-corrected chi connectivity index (χ0v) is 40.6. The topological polar surface area (TPSA) is 8.17 Å². The van der Waals surface area contributed by atoms with E-state index in [1.165, 1.54) is 93.1 Å². The first-order valence-corrected chi connectivity index (χ1v) is 25.5. The molecule has 0 aliphatic carbocycles. The van der Waals surface area contributed by atoms with E-state index < -0.39 is 0 Å². The second kappa shape index (κ2) is 18.1. The number of rotatable bonds is 9. The number of fused-ring (bicyclic) bond motifs is 7. The molecule has 0 aliphatic heterocycles. The Labute approximate surface area is 430 Å². The van der Waals surface area contributed by atoms with E-state index >= 15 is 0 Å². The van der Waals surface area contributed by atoms with Crippen molar-refractivity contribution in [2.45, 2.75) is 0 Å². The van der Waals surface area contributed by atoms with Gasteiger partial charge in [-0.15, -0.1) is 0 Å². The van der Waals surface area contributed by atoms with Crippen molar-refractivity contribution in [1.82, 2.24) is 4.57 Å². The fraction of sp³-hybridized carbons (Fsp3) is 0. The monoisotopic (exact) mass is 940 g/mol. The first kappa shape index (κ1) is 43.1. The highest BCUT2D eigenvalue weighted by Crippen LogP contribution is 2.47. The first-order valence-electron chi connectivity index (χ1n) is 25.5. The van der Waals surface area contributed by atoms with Crippen LogP contribution in [0.4, 0.5) is 17.1 Å². The van der Waals surface area contributed by atoms with Gasteiger partial charge in [0.2, 0.25) is 0 Å². The second-order valence-electron chi connectivity index (χ2n) is 19.2. The van der Waals surface area contributed by atoms with E-state index in [1.54, 1.807) is 0 Å². The molecule has 0 N–H and O–H groups in total. The predicted molar refractivity (Wildman–Crippen MR) is 315 cm³/mol. The fourth-order valence-electron chi connectivity index (χ4n) is 11.6. The van der Waals surface area contributed by atoms with Crippen LogP contribution >= 0.6 is 0 Å². The Morgan fingerprint density at radius 1 is 0.243 bits per heavy atom. The molecule has 13 aromatic carbocycles. The molecule has 0 unspecified atom stereocenters. The number of benzene rings is 13. The lowest BCUT2D eigenvalue weighted by Gasteiger charge is -2.27. The normalized spacial score (nSPS) is 11.5. The highest BCUT2D eigenvalue weighted by atomic mass is 15.1. The van der Waals surface area contributed by atoms with Crippen LogP contribution in [-0.4, -0.2) is 4.57 Å². The van der Waals surface area contributed by atoms with Gasteiger partial charge in [-0.2, -0.15) is 0 Å².